The summed E-state index contributed by atoms with van der Waals surface area (Å²) in [6.07, 6.45) is 12.7. The lowest BCUT2D eigenvalue weighted by molar-refractivity contribution is -0.385. The van der Waals surface area contributed by atoms with Gasteiger partial charge in [-0.3, -0.25) is 20.2 Å². The van der Waals surface area contributed by atoms with Gasteiger partial charge in [-0.1, -0.05) is 38.5 Å². The van der Waals surface area contributed by atoms with E-state index in [0.29, 0.717) is 24.3 Å². The molecule has 0 spiro atoms. The number of anilines is 3. The minimum atomic E-state index is -0.533. The van der Waals surface area contributed by atoms with Crippen molar-refractivity contribution in [2.45, 2.75) is 97.8 Å². The first-order valence-corrected chi connectivity index (χ1v) is 18.4. The van der Waals surface area contributed by atoms with Crippen molar-refractivity contribution >= 4 is 53.3 Å². The summed E-state index contributed by atoms with van der Waals surface area (Å²) in [5, 5.41) is 53.1. The Bertz CT molecular complexity index is 1440. The summed E-state index contributed by atoms with van der Waals surface area (Å²) in [6, 6.07) is 14.4. The van der Waals surface area contributed by atoms with Gasteiger partial charge in [-0.05, 0) is 114 Å². The highest BCUT2D eigenvalue weighted by Crippen LogP contribution is 2.22. The maximum atomic E-state index is 12.4. The van der Waals surface area contributed by atoms with Crippen molar-refractivity contribution in [1.29, 1.82) is 0 Å². The van der Waals surface area contributed by atoms with Crippen LogP contribution in [0.15, 0.2) is 54.6 Å². The van der Waals surface area contributed by atoms with Gasteiger partial charge in [0.05, 0.1) is 9.85 Å². The second-order valence-electron chi connectivity index (χ2n) is 12.6. The third-order valence-corrected chi connectivity index (χ3v) is 7.96. The van der Waals surface area contributed by atoms with Crippen molar-refractivity contribution in [2.24, 2.45) is 5.73 Å². The Balaban J connectivity index is -0.000000674. The van der Waals surface area contributed by atoms with E-state index in [0.717, 1.165) is 131 Å². The maximum absolute atomic E-state index is 12.4. The molecule has 314 valence electrons. The van der Waals surface area contributed by atoms with Gasteiger partial charge < -0.3 is 37.4 Å². The second-order valence-corrected chi connectivity index (χ2v) is 12.6. The smallest absolute Gasteiger partial charge is 0.272 e. The maximum Gasteiger partial charge on any atom is 0.272 e. The van der Waals surface area contributed by atoms with Gasteiger partial charge in [0.2, 0.25) is 0 Å². The van der Waals surface area contributed by atoms with E-state index >= 15 is 0 Å². The molecule has 3 aromatic rings. The first-order chi connectivity index (χ1) is 25.4. The second kappa shape index (κ2) is 35.9. The molecule has 0 aromatic heterocycles. The minimum Gasteiger partial charge on any atom is -0.399 e. The molecule has 13 nitrogen and oxygen atoms in total. The van der Waals surface area contributed by atoms with Gasteiger partial charge in [0, 0.05) is 73.2 Å². The monoisotopic (exact) mass is 818 g/mol. The van der Waals surface area contributed by atoms with Gasteiger partial charge in [0.1, 0.15) is 5.82 Å². The summed E-state index contributed by atoms with van der Waals surface area (Å²) in [4.78, 5) is 20.0. The summed E-state index contributed by atoms with van der Waals surface area (Å²) in [5.41, 5.74) is 16.1. The van der Waals surface area contributed by atoms with E-state index in [9.17, 15) is 24.6 Å². The SMILES string of the molecule is Cc1cc(F)ccc1[N+](=O)[O-].Cc1cc(NCCCCCCO)ccc1N.Cc1cc(NCCCCCCO)ccc1[N+](=O)[O-].Cl.Cl.NCCCCCCO. The Labute approximate surface area is 338 Å². The van der Waals surface area contributed by atoms with Crippen LogP contribution in [0.4, 0.5) is 32.8 Å². The lowest BCUT2D eigenvalue weighted by atomic mass is 10.1. The fraction of sp³-hybridized carbons (Fsp3) is 0.538. The van der Waals surface area contributed by atoms with E-state index in [2.05, 4.69) is 16.7 Å². The quantitative estimate of drug-likeness (QED) is 0.0233. The molecule has 0 unspecified atom stereocenters. The Morgan fingerprint density at radius 3 is 1.35 bits per heavy atom. The summed E-state index contributed by atoms with van der Waals surface area (Å²) in [5.74, 6) is -0.451. The number of benzene rings is 3. The first-order valence-electron chi connectivity index (χ1n) is 18.4. The normalized spacial score (nSPS) is 9.75. The first kappa shape index (κ1) is 55.5. The van der Waals surface area contributed by atoms with Crippen molar-refractivity contribution in [3.63, 3.8) is 0 Å². The highest BCUT2D eigenvalue weighted by molar-refractivity contribution is 5.85. The Hall–Kier alpha value is -3.79. The Kier molecular flexibility index (Phi) is 36.2. The van der Waals surface area contributed by atoms with Crippen molar-refractivity contribution in [1.82, 2.24) is 0 Å². The van der Waals surface area contributed by atoms with E-state index in [4.69, 9.17) is 26.8 Å². The predicted octanol–water partition coefficient (Wildman–Crippen LogP) is 8.79. The topological polar surface area (TPSA) is 223 Å². The molecule has 0 atom stereocenters. The number of aryl methyl sites for hydroxylation is 3. The van der Waals surface area contributed by atoms with Gasteiger partial charge in [-0.25, -0.2) is 4.39 Å². The van der Waals surface area contributed by atoms with Crippen LogP contribution in [-0.4, -0.2) is 64.6 Å². The number of nitro groups is 2. The van der Waals surface area contributed by atoms with Crippen molar-refractivity contribution in [2.75, 3.05) is 55.8 Å². The van der Waals surface area contributed by atoms with Crippen LogP contribution in [-0.2, 0) is 0 Å². The fourth-order valence-electron chi connectivity index (χ4n) is 4.84. The molecule has 0 aliphatic carbocycles. The average molecular weight is 820 g/mol. The van der Waals surface area contributed by atoms with Crippen LogP contribution in [0, 0.1) is 46.8 Å². The summed E-state index contributed by atoms with van der Waals surface area (Å²) < 4.78 is 12.4. The molecule has 3 aromatic carbocycles. The van der Waals surface area contributed by atoms with Gasteiger partial charge in [0.25, 0.3) is 11.4 Å². The molecule has 9 N–H and O–H groups in total. The molecule has 0 heterocycles. The van der Waals surface area contributed by atoms with E-state index in [1.54, 1.807) is 19.1 Å². The number of halogens is 3. The molecule has 0 saturated heterocycles. The van der Waals surface area contributed by atoms with Crippen LogP contribution in [0.5, 0.6) is 0 Å². The molecule has 0 radical (unpaired) electrons. The molecular formula is C39H65Cl2FN6O7. The highest BCUT2D eigenvalue weighted by Gasteiger charge is 2.10. The molecule has 55 heavy (non-hydrogen) atoms. The van der Waals surface area contributed by atoms with Gasteiger partial charge in [-0.15, -0.1) is 24.8 Å². The predicted molar refractivity (Wildman–Crippen MR) is 228 cm³/mol. The number of nitrogens with one attached hydrogen (secondary N) is 2. The molecule has 0 bridgehead atoms. The van der Waals surface area contributed by atoms with E-state index < -0.39 is 10.7 Å². The highest BCUT2D eigenvalue weighted by atomic mass is 35.5. The van der Waals surface area contributed by atoms with Gasteiger partial charge >= 0.3 is 0 Å². The molecular weight excluding hydrogens is 754 g/mol. The molecule has 16 heteroatoms. The number of aliphatic hydroxyl groups excluding tert-OH is 3. The van der Waals surface area contributed by atoms with Crippen LogP contribution in [0.1, 0.15) is 93.7 Å². The largest absolute Gasteiger partial charge is 0.399 e. The van der Waals surface area contributed by atoms with Gasteiger partial charge in [-0.2, -0.15) is 0 Å². The lowest BCUT2D eigenvalue weighted by Gasteiger charge is -2.08. The van der Waals surface area contributed by atoms with Crippen molar-refractivity contribution in [3.8, 4) is 0 Å². The number of nitrogens with zero attached hydrogens (tertiary/aromatic N) is 2. The number of hydrogen-bond acceptors (Lipinski definition) is 11. The number of nitrogen functional groups attached to an aromatic ring is 1. The van der Waals surface area contributed by atoms with Crippen LogP contribution in [0.3, 0.4) is 0 Å². The zero-order chi connectivity index (χ0) is 39.9. The van der Waals surface area contributed by atoms with E-state index in [1.165, 1.54) is 19.4 Å². The third-order valence-electron chi connectivity index (χ3n) is 7.96. The molecule has 0 aliphatic rings. The molecule has 0 aliphatic heterocycles. The number of nitro benzene ring substituents is 2. The fourth-order valence-corrected chi connectivity index (χ4v) is 4.84. The lowest BCUT2D eigenvalue weighted by Crippen LogP contribution is -2.02. The minimum absolute atomic E-state index is 0. The van der Waals surface area contributed by atoms with Crippen LogP contribution in [0.25, 0.3) is 0 Å². The number of rotatable bonds is 21. The average Bonchev–Trinajstić information content (AvgIpc) is 3.12. The number of unbranched alkanes of at least 4 members (excludes halogenated alkanes) is 9. The van der Waals surface area contributed by atoms with E-state index in [1.807, 2.05) is 19.1 Å². The molecule has 0 saturated carbocycles. The Morgan fingerprint density at radius 1 is 0.582 bits per heavy atom. The van der Waals surface area contributed by atoms with Crippen LogP contribution in [0.2, 0.25) is 0 Å². The van der Waals surface area contributed by atoms with Crippen LogP contribution < -0.4 is 22.1 Å². The molecule has 0 fully saturated rings. The molecule has 3 rings (SSSR count). The zero-order valence-corrected chi connectivity index (χ0v) is 34.3. The zero-order valence-electron chi connectivity index (χ0n) is 32.6. The number of hydrogen-bond donors (Lipinski definition) is 7. The summed E-state index contributed by atoms with van der Waals surface area (Å²) in [7, 11) is 0. The number of aliphatic hydroxyl groups is 3. The standard InChI is InChI=1S/C13H20N2O3.C13H22N2O.C7H6FNO2.C6H15NO.2ClH/c1-11-10-12(6-7-13(11)15(17)18)14-8-4-2-3-5-9-16;1-11-10-12(6-7-13(11)14)15-8-4-2-3-5-9-16;1-5-4-6(8)2-3-7(5)9(10)11;7-5-3-1-2-4-6-8;;/h6-7,10,14,16H,2-5,8-9H2,1H3;6-7,10,15-16H,2-5,8-9,14H2,1H3;2-4H,1H3;8H,1-7H2;2*1H. The molecule has 0 amide bonds. The van der Waals surface area contributed by atoms with Crippen LogP contribution >= 0.6 is 24.8 Å². The third kappa shape index (κ3) is 28.3. The van der Waals surface area contributed by atoms with Crippen molar-refractivity contribution in [3.05, 3.63) is 97.3 Å². The van der Waals surface area contributed by atoms with E-state index in [-0.39, 0.29) is 47.7 Å². The van der Waals surface area contributed by atoms with Gasteiger partial charge in [0.15, 0.2) is 0 Å². The number of nitrogens with two attached hydrogens (primary N) is 2. The summed E-state index contributed by atoms with van der Waals surface area (Å²) >= 11 is 0. The Morgan fingerprint density at radius 2 is 0.964 bits per heavy atom. The van der Waals surface area contributed by atoms with Crippen molar-refractivity contribution < 1.29 is 29.6 Å². The summed E-state index contributed by atoms with van der Waals surface area (Å²) in [6.45, 7) is 8.76.